The van der Waals surface area contributed by atoms with Crippen LogP contribution in [0.15, 0.2) is 18.2 Å². The summed E-state index contributed by atoms with van der Waals surface area (Å²) < 4.78 is 5.46. The van der Waals surface area contributed by atoms with Crippen LogP contribution in [0.2, 0.25) is 10.0 Å². The summed E-state index contributed by atoms with van der Waals surface area (Å²) in [5, 5.41) is 0.756. The Labute approximate surface area is 129 Å². The molecule has 0 aliphatic carbocycles. The maximum atomic E-state index is 12.5. The van der Waals surface area contributed by atoms with Crippen LogP contribution in [0, 0.1) is 5.92 Å². The van der Waals surface area contributed by atoms with Crippen LogP contribution in [0.25, 0.3) is 0 Å². The fourth-order valence-corrected chi connectivity index (χ4v) is 2.89. The van der Waals surface area contributed by atoms with Gasteiger partial charge in [-0.25, -0.2) is 0 Å². The van der Waals surface area contributed by atoms with Crippen molar-refractivity contribution in [3.8, 4) is 0 Å². The summed E-state index contributed by atoms with van der Waals surface area (Å²) in [5.74, 6) is 0.365. The van der Waals surface area contributed by atoms with Gasteiger partial charge in [0.2, 0.25) is 0 Å². The molecule has 1 aliphatic rings. The molecule has 0 bridgehead atoms. The van der Waals surface area contributed by atoms with Crippen molar-refractivity contribution in [3.05, 3.63) is 33.8 Å². The Morgan fingerprint density at radius 3 is 3.00 bits per heavy atom. The maximum absolute atomic E-state index is 12.5. The number of hydrogen-bond donors (Lipinski definition) is 0. The number of hydrogen-bond acceptors (Lipinski definition) is 2. The Balaban J connectivity index is 2.06. The third-order valence-corrected chi connectivity index (χ3v) is 4.36. The lowest BCUT2D eigenvalue weighted by molar-refractivity contribution is 0.0501. The second kappa shape index (κ2) is 7.30. The molecule has 1 aromatic rings. The van der Waals surface area contributed by atoms with Crippen molar-refractivity contribution < 1.29 is 9.53 Å². The number of nitrogens with zero attached hydrogens (tertiary/aromatic N) is 1. The molecule has 1 unspecified atom stereocenters. The Morgan fingerprint density at radius 1 is 1.45 bits per heavy atom. The van der Waals surface area contributed by atoms with Gasteiger partial charge in [-0.15, -0.1) is 0 Å². The van der Waals surface area contributed by atoms with Gasteiger partial charge in [-0.2, -0.15) is 0 Å². The SMILES string of the molecule is CCOCC1CCCN(C(=O)c2cccc(Cl)c2Cl)C1. The van der Waals surface area contributed by atoms with E-state index >= 15 is 0 Å². The predicted octanol–water partition coefficient (Wildman–Crippen LogP) is 3.88. The molecule has 0 aromatic heterocycles. The fraction of sp³-hybridized carbons (Fsp3) is 0.533. The first-order valence-corrected chi connectivity index (χ1v) is 7.70. The zero-order valence-electron chi connectivity index (χ0n) is 11.6. The molecule has 110 valence electrons. The van der Waals surface area contributed by atoms with Gasteiger partial charge in [0.15, 0.2) is 0 Å². The highest BCUT2D eigenvalue weighted by Crippen LogP contribution is 2.28. The molecule has 0 spiro atoms. The lowest BCUT2D eigenvalue weighted by Crippen LogP contribution is -2.41. The Bertz CT molecular complexity index is 479. The largest absolute Gasteiger partial charge is 0.381 e. The standard InChI is InChI=1S/C15H19Cl2NO2/c1-2-20-10-11-5-4-8-18(9-11)15(19)12-6-3-7-13(16)14(12)17/h3,6-7,11H,2,4-5,8-10H2,1H3. The van der Waals surface area contributed by atoms with E-state index in [-0.39, 0.29) is 5.91 Å². The van der Waals surface area contributed by atoms with Crippen LogP contribution in [-0.2, 0) is 4.74 Å². The van der Waals surface area contributed by atoms with E-state index in [9.17, 15) is 4.79 Å². The number of benzene rings is 1. The van der Waals surface area contributed by atoms with Crippen molar-refractivity contribution in [2.75, 3.05) is 26.3 Å². The summed E-state index contributed by atoms with van der Waals surface area (Å²) in [5.41, 5.74) is 0.483. The molecule has 0 saturated carbocycles. The van der Waals surface area contributed by atoms with Crippen molar-refractivity contribution in [1.29, 1.82) is 0 Å². The van der Waals surface area contributed by atoms with E-state index in [1.165, 1.54) is 0 Å². The molecule has 1 heterocycles. The molecule has 0 N–H and O–H groups in total. The smallest absolute Gasteiger partial charge is 0.255 e. The minimum Gasteiger partial charge on any atom is -0.381 e. The summed E-state index contributed by atoms with van der Waals surface area (Å²) in [6.07, 6.45) is 2.11. The summed E-state index contributed by atoms with van der Waals surface area (Å²) in [6, 6.07) is 5.17. The molecule has 3 nitrogen and oxygen atoms in total. The van der Waals surface area contributed by atoms with E-state index in [0.29, 0.717) is 34.7 Å². The zero-order valence-corrected chi connectivity index (χ0v) is 13.1. The Hall–Kier alpha value is -0.770. The number of rotatable bonds is 4. The number of ether oxygens (including phenoxy) is 1. The van der Waals surface area contributed by atoms with Crippen LogP contribution in [0.4, 0.5) is 0 Å². The van der Waals surface area contributed by atoms with Crippen molar-refractivity contribution >= 4 is 29.1 Å². The molecule has 1 aliphatic heterocycles. The van der Waals surface area contributed by atoms with Gasteiger partial charge in [0.05, 0.1) is 22.2 Å². The monoisotopic (exact) mass is 315 g/mol. The topological polar surface area (TPSA) is 29.5 Å². The third-order valence-electron chi connectivity index (χ3n) is 3.55. The van der Waals surface area contributed by atoms with Gasteiger partial charge in [-0.1, -0.05) is 29.3 Å². The molecule has 20 heavy (non-hydrogen) atoms. The lowest BCUT2D eigenvalue weighted by atomic mass is 9.98. The summed E-state index contributed by atoms with van der Waals surface area (Å²) >= 11 is 12.1. The molecule has 1 saturated heterocycles. The van der Waals surface area contributed by atoms with E-state index < -0.39 is 0 Å². The van der Waals surface area contributed by atoms with Crippen molar-refractivity contribution in [2.24, 2.45) is 5.92 Å². The molecule has 2 rings (SSSR count). The number of halogens is 2. The molecule has 1 aromatic carbocycles. The minimum atomic E-state index is -0.0429. The second-order valence-corrected chi connectivity index (χ2v) is 5.81. The van der Waals surface area contributed by atoms with Gasteiger partial charge in [0, 0.05) is 19.7 Å². The van der Waals surface area contributed by atoms with E-state index in [4.69, 9.17) is 27.9 Å². The van der Waals surface area contributed by atoms with Gasteiger partial charge < -0.3 is 9.64 Å². The second-order valence-electron chi connectivity index (χ2n) is 5.02. The first kappa shape index (κ1) is 15.6. The molecule has 1 amide bonds. The highest BCUT2D eigenvalue weighted by Gasteiger charge is 2.26. The van der Waals surface area contributed by atoms with Crippen LogP contribution in [0.3, 0.4) is 0 Å². The summed E-state index contributed by atoms with van der Waals surface area (Å²) in [6.45, 7) is 4.90. The zero-order chi connectivity index (χ0) is 14.5. The fourth-order valence-electron chi connectivity index (χ4n) is 2.51. The number of carbonyl (C=O) groups is 1. The van der Waals surface area contributed by atoms with Gasteiger partial charge >= 0.3 is 0 Å². The predicted molar refractivity (Wildman–Crippen MR) is 81.6 cm³/mol. The van der Waals surface area contributed by atoms with Crippen molar-refractivity contribution in [3.63, 3.8) is 0 Å². The van der Waals surface area contributed by atoms with Crippen LogP contribution in [0.1, 0.15) is 30.1 Å². The minimum absolute atomic E-state index is 0.0429. The normalized spacial score (nSPS) is 19.1. The molecular formula is C15H19Cl2NO2. The van der Waals surface area contributed by atoms with E-state index in [1.54, 1.807) is 18.2 Å². The maximum Gasteiger partial charge on any atom is 0.255 e. The highest BCUT2D eigenvalue weighted by atomic mass is 35.5. The average Bonchev–Trinajstić information content (AvgIpc) is 2.47. The van der Waals surface area contributed by atoms with Crippen LogP contribution >= 0.6 is 23.2 Å². The molecule has 1 fully saturated rings. The third kappa shape index (κ3) is 3.66. The number of likely N-dealkylation sites (tertiary alicyclic amines) is 1. The van der Waals surface area contributed by atoms with Crippen LogP contribution in [-0.4, -0.2) is 37.1 Å². The first-order valence-electron chi connectivity index (χ1n) is 6.94. The molecular weight excluding hydrogens is 297 g/mol. The van der Waals surface area contributed by atoms with Gasteiger partial charge in [0.25, 0.3) is 5.91 Å². The number of piperidine rings is 1. The quantitative estimate of drug-likeness (QED) is 0.843. The highest BCUT2D eigenvalue weighted by molar-refractivity contribution is 6.43. The van der Waals surface area contributed by atoms with E-state index in [0.717, 1.165) is 25.9 Å². The van der Waals surface area contributed by atoms with Crippen LogP contribution in [0.5, 0.6) is 0 Å². The van der Waals surface area contributed by atoms with Crippen molar-refractivity contribution in [1.82, 2.24) is 4.90 Å². The van der Waals surface area contributed by atoms with Gasteiger partial charge in [-0.3, -0.25) is 4.79 Å². The van der Waals surface area contributed by atoms with Crippen molar-refractivity contribution in [2.45, 2.75) is 19.8 Å². The van der Waals surface area contributed by atoms with Gasteiger partial charge in [0.1, 0.15) is 0 Å². The Kier molecular flexibility index (Phi) is 5.70. The molecule has 1 atom stereocenters. The van der Waals surface area contributed by atoms with E-state index in [2.05, 4.69) is 0 Å². The number of carbonyl (C=O) groups excluding carboxylic acids is 1. The average molecular weight is 316 g/mol. The molecule has 0 radical (unpaired) electrons. The van der Waals surface area contributed by atoms with Gasteiger partial charge in [-0.05, 0) is 37.8 Å². The lowest BCUT2D eigenvalue weighted by Gasteiger charge is -2.32. The summed E-state index contributed by atoms with van der Waals surface area (Å²) in [4.78, 5) is 14.4. The Morgan fingerprint density at radius 2 is 2.25 bits per heavy atom. The first-order chi connectivity index (χ1) is 9.63. The summed E-state index contributed by atoms with van der Waals surface area (Å²) in [7, 11) is 0. The molecule has 5 heteroatoms. The van der Waals surface area contributed by atoms with Crippen LogP contribution < -0.4 is 0 Å². The van der Waals surface area contributed by atoms with E-state index in [1.807, 2.05) is 11.8 Å². The number of amides is 1.